The van der Waals surface area contributed by atoms with Crippen LogP contribution in [0.5, 0.6) is 0 Å². The predicted octanol–water partition coefficient (Wildman–Crippen LogP) is 3.63. The first-order valence-corrected chi connectivity index (χ1v) is 5.94. The molecule has 0 spiro atoms. The number of halogens is 1. The average Bonchev–Trinajstić information content (AvgIpc) is 2.43. The monoisotopic (exact) mass is 266 g/mol. The molecule has 0 saturated heterocycles. The Hall–Kier alpha value is -0.600. The minimum Gasteiger partial charge on any atom is -0.389 e. The molecule has 0 fully saturated rings. The summed E-state index contributed by atoms with van der Waals surface area (Å²) in [6, 6.07) is 8.20. The van der Waals surface area contributed by atoms with E-state index in [4.69, 9.17) is 0 Å². The molecule has 0 aliphatic heterocycles. The van der Waals surface area contributed by atoms with Gasteiger partial charge in [0.2, 0.25) is 0 Å². The van der Waals surface area contributed by atoms with Crippen LogP contribution in [0.15, 0.2) is 40.4 Å². The topological polar surface area (TPSA) is 20.2 Å². The zero-order chi connectivity index (χ0) is 11.1. The number of hydrogen-bond donors (Lipinski definition) is 1. The van der Waals surface area contributed by atoms with Gasteiger partial charge in [-0.05, 0) is 38.0 Å². The van der Waals surface area contributed by atoms with Crippen LogP contribution in [0.2, 0.25) is 0 Å². The van der Waals surface area contributed by atoms with E-state index in [-0.39, 0.29) is 5.92 Å². The highest BCUT2D eigenvalue weighted by atomic mass is 79.9. The third-order valence-corrected chi connectivity index (χ3v) is 3.65. The van der Waals surface area contributed by atoms with E-state index in [0.29, 0.717) is 0 Å². The highest BCUT2D eigenvalue weighted by Crippen LogP contribution is 2.42. The molecule has 1 aliphatic rings. The molecule has 0 aromatic heterocycles. The maximum absolute atomic E-state index is 10.3. The lowest BCUT2D eigenvalue weighted by molar-refractivity contribution is 0.0547. The third-order valence-electron chi connectivity index (χ3n) is 3.12. The molecule has 1 aliphatic carbocycles. The van der Waals surface area contributed by atoms with Gasteiger partial charge in [0.1, 0.15) is 0 Å². The lowest BCUT2D eigenvalue weighted by atomic mass is 9.83. The second-order valence-electron chi connectivity index (χ2n) is 4.49. The van der Waals surface area contributed by atoms with Gasteiger partial charge in [-0.3, -0.25) is 0 Å². The largest absolute Gasteiger partial charge is 0.389 e. The van der Waals surface area contributed by atoms with Crippen LogP contribution >= 0.6 is 15.9 Å². The van der Waals surface area contributed by atoms with Gasteiger partial charge in [-0.1, -0.05) is 39.7 Å². The molecule has 15 heavy (non-hydrogen) atoms. The Balaban J connectivity index is 2.37. The number of rotatable bonds is 1. The van der Waals surface area contributed by atoms with Crippen LogP contribution in [0, 0.1) is 0 Å². The Bertz CT molecular complexity index is 390. The SMILES string of the molecule is CC1=CC[C@@](C)(O)[C@@H]1c1ccc(Br)cc1. The van der Waals surface area contributed by atoms with Crippen molar-refractivity contribution in [3.8, 4) is 0 Å². The zero-order valence-corrected chi connectivity index (χ0v) is 10.6. The van der Waals surface area contributed by atoms with E-state index in [1.165, 1.54) is 11.1 Å². The molecule has 2 rings (SSSR count). The summed E-state index contributed by atoms with van der Waals surface area (Å²) in [5, 5.41) is 10.3. The van der Waals surface area contributed by atoms with Gasteiger partial charge in [-0.2, -0.15) is 0 Å². The van der Waals surface area contributed by atoms with Gasteiger partial charge in [0, 0.05) is 10.4 Å². The number of benzene rings is 1. The van der Waals surface area contributed by atoms with E-state index in [1.807, 2.05) is 19.1 Å². The van der Waals surface area contributed by atoms with E-state index < -0.39 is 5.60 Å². The van der Waals surface area contributed by atoms with Crippen LogP contribution in [0.4, 0.5) is 0 Å². The summed E-state index contributed by atoms with van der Waals surface area (Å²) >= 11 is 3.42. The van der Waals surface area contributed by atoms with Gasteiger partial charge in [0.15, 0.2) is 0 Å². The van der Waals surface area contributed by atoms with E-state index >= 15 is 0 Å². The number of aliphatic hydroxyl groups is 1. The molecule has 0 saturated carbocycles. The van der Waals surface area contributed by atoms with Gasteiger partial charge >= 0.3 is 0 Å². The van der Waals surface area contributed by atoms with Crippen molar-refractivity contribution in [3.63, 3.8) is 0 Å². The Morgan fingerprint density at radius 2 is 1.93 bits per heavy atom. The van der Waals surface area contributed by atoms with Crippen LogP contribution in [-0.4, -0.2) is 10.7 Å². The zero-order valence-electron chi connectivity index (χ0n) is 9.00. The third kappa shape index (κ3) is 2.01. The fourth-order valence-electron chi connectivity index (χ4n) is 2.37. The smallest absolute Gasteiger partial charge is 0.0759 e. The molecule has 1 nitrogen and oxygen atoms in total. The van der Waals surface area contributed by atoms with Gasteiger partial charge in [0.05, 0.1) is 5.60 Å². The minimum atomic E-state index is -0.627. The minimum absolute atomic E-state index is 0.144. The standard InChI is InChI=1S/C13H15BrO/c1-9-7-8-13(2,15)12(9)10-3-5-11(14)6-4-10/h3-7,12,15H,8H2,1-2H3/t12-,13+/m0/s1. The Labute approximate surface area is 99.0 Å². The van der Waals surface area contributed by atoms with Gasteiger partial charge in [-0.25, -0.2) is 0 Å². The maximum atomic E-state index is 10.3. The van der Waals surface area contributed by atoms with Crippen molar-refractivity contribution >= 4 is 15.9 Å². The highest BCUT2D eigenvalue weighted by molar-refractivity contribution is 9.10. The quantitative estimate of drug-likeness (QED) is 0.770. The second-order valence-corrected chi connectivity index (χ2v) is 5.41. The summed E-state index contributed by atoms with van der Waals surface area (Å²) < 4.78 is 1.07. The molecule has 2 heteroatoms. The molecule has 1 N–H and O–H groups in total. The normalized spacial score (nSPS) is 30.4. The number of hydrogen-bond acceptors (Lipinski definition) is 1. The van der Waals surface area contributed by atoms with Crippen LogP contribution in [0.3, 0.4) is 0 Å². The van der Waals surface area contributed by atoms with Gasteiger partial charge in [-0.15, -0.1) is 0 Å². The van der Waals surface area contributed by atoms with E-state index in [2.05, 4.69) is 41.1 Å². The molecular weight excluding hydrogens is 252 g/mol. The van der Waals surface area contributed by atoms with Gasteiger partial charge in [0.25, 0.3) is 0 Å². The predicted molar refractivity (Wildman–Crippen MR) is 65.9 cm³/mol. The molecule has 80 valence electrons. The molecule has 0 radical (unpaired) electrons. The van der Waals surface area contributed by atoms with Crippen molar-refractivity contribution in [2.75, 3.05) is 0 Å². The lowest BCUT2D eigenvalue weighted by Crippen LogP contribution is -2.28. The second kappa shape index (κ2) is 3.76. The van der Waals surface area contributed by atoms with Crippen LogP contribution in [0.25, 0.3) is 0 Å². The Morgan fingerprint density at radius 3 is 2.40 bits per heavy atom. The van der Waals surface area contributed by atoms with Crippen molar-refractivity contribution < 1.29 is 5.11 Å². The van der Waals surface area contributed by atoms with Gasteiger partial charge < -0.3 is 5.11 Å². The summed E-state index contributed by atoms with van der Waals surface area (Å²) in [4.78, 5) is 0. The highest BCUT2D eigenvalue weighted by Gasteiger charge is 2.37. The molecular formula is C13H15BrO. The summed E-state index contributed by atoms with van der Waals surface area (Å²) in [6.07, 6.45) is 2.88. The van der Waals surface area contributed by atoms with Crippen molar-refractivity contribution in [1.29, 1.82) is 0 Å². The first-order chi connectivity index (χ1) is 7.00. The summed E-state index contributed by atoms with van der Waals surface area (Å²) in [7, 11) is 0. The lowest BCUT2D eigenvalue weighted by Gasteiger charge is -2.28. The first kappa shape index (κ1) is 10.9. The van der Waals surface area contributed by atoms with E-state index in [9.17, 15) is 5.11 Å². The summed E-state index contributed by atoms with van der Waals surface area (Å²) in [5.41, 5.74) is 1.83. The molecule has 1 aromatic rings. The summed E-state index contributed by atoms with van der Waals surface area (Å²) in [5.74, 6) is 0.144. The molecule has 0 bridgehead atoms. The molecule has 0 heterocycles. The molecule has 0 unspecified atom stereocenters. The fourth-order valence-corrected chi connectivity index (χ4v) is 2.64. The molecule has 1 aromatic carbocycles. The maximum Gasteiger partial charge on any atom is 0.0759 e. The Morgan fingerprint density at radius 1 is 1.33 bits per heavy atom. The molecule has 0 amide bonds. The van der Waals surface area contributed by atoms with E-state index in [1.54, 1.807) is 0 Å². The molecule has 2 atom stereocenters. The van der Waals surface area contributed by atoms with Crippen LogP contribution in [-0.2, 0) is 0 Å². The van der Waals surface area contributed by atoms with Crippen molar-refractivity contribution in [2.45, 2.75) is 31.8 Å². The van der Waals surface area contributed by atoms with E-state index in [0.717, 1.165) is 10.9 Å². The van der Waals surface area contributed by atoms with Crippen LogP contribution < -0.4 is 0 Å². The first-order valence-electron chi connectivity index (χ1n) is 5.15. The van der Waals surface area contributed by atoms with Crippen molar-refractivity contribution in [1.82, 2.24) is 0 Å². The fraction of sp³-hybridized carbons (Fsp3) is 0.385. The van der Waals surface area contributed by atoms with Crippen molar-refractivity contribution in [2.24, 2.45) is 0 Å². The Kier molecular flexibility index (Phi) is 2.73. The average molecular weight is 267 g/mol. The van der Waals surface area contributed by atoms with Crippen molar-refractivity contribution in [3.05, 3.63) is 46.0 Å². The van der Waals surface area contributed by atoms with Crippen LogP contribution in [0.1, 0.15) is 31.7 Å². The summed E-state index contributed by atoms with van der Waals surface area (Å²) in [6.45, 7) is 4.00.